The summed E-state index contributed by atoms with van der Waals surface area (Å²) < 4.78 is 5.54. The van der Waals surface area contributed by atoms with Gasteiger partial charge in [-0.15, -0.1) is 0 Å². The lowest BCUT2D eigenvalue weighted by atomic mass is 9.75. The van der Waals surface area contributed by atoms with Crippen LogP contribution in [0.5, 0.6) is 5.75 Å². The van der Waals surface area contributed by atoms with Crippen LogP contribution in [0, 0.1) is 5.92 Å². The van der Waals surface area contributed by atoms with E-state index in [2.05, 4.69) is 36.5 Å². The quantitative estimate of drug-likeness (QED) is 0.747. The Labute approximate surface area is 123 Å². The standard InChI is InChI=1S/C18H29NO/c1-3-13-19-14-16-7-5-6-8-18(16)15-9-11-17(12-10-15)20-4-2/h9-12,16,18-19H,3-8,13-14H2,1-2H3. The normalized spacial score (nSPS) is 22.7. The Morgan fingerprint density at radius 2 is 1.85 bits per heavy atom. The monoisotopic (exact) mass is 275 g/mol. The second-order valence-corrected chi connectivity index (χ2v) is 5.86. The van der Waals surface area contributed by atoms with Crippen LogP contribution < -0.4 is 10.1 Å². The average molecular weight is 275 g/mol. The van der Waals surface area contributed by atoms with E-state index in [4.69, 9.17) is 4.74 Å². The minimum atomic E-state index is 0.726. The summed E-state index contributed by atoms with van der Waals surface area (Å²) in [6.07, 6.45) is 6.70. The van der Waals surface area contributed by atoms with E-state index in [9.17, 15) is 0 Å². The molecule has 2 rings (SSSR count). The summed E-state index contributed by atoms with van der Waals surface area (Å²) in [4.78, 5) is 0. The summed E-state index contributed by atoms with van der Waals surface area (Å²) in [6.45, 7) is 7.33. The van der Waals surface area contributed by atoms with Crippen LogP contribution in [-0.2, 0) is 0 Å². The van der Waals surface area contributed by atoms with Gasteiger partial charge in [0.2, 0.25) is 0 Å². The maximum atomic E-state index is 5.54. The fraction of sp³-hybridized carbons (Fsp3) is 0.667. The molecule has 0 radical (unpaired) electrons. The molecule has 112 valence electrons. The largest absolute Gasteiger partial charge is 0.494 e. The third-order valence-corrected chi connectivity index (χ3v) is 4.36. The lowest BCUT2D eigenvalue weighted by Gasteiger charge is -2.32. The summed E-state index contributed by atoms with van der Waals surface area (Å²) in [6, 6.07) is 8.80. The average Bonchev–Trinajstić information content (AvgIpc) is 2.49. The van der Waals surface area contributed by atoms with Crippen LogP contribution in [0.15, 0.2) is 24.3 Å². The molecule has 0 bridgehead atoms. The molecule has 0 saturated heterocycles. The highest BCUT2D eigenvalue weighted by Gasteiger charge is 2.25. The maximum Gasteiger partial charge on any atom is 0.119 e. The smallest absolute Gasteiger partial charge is 0.119 e. The van der Waals surface area contributed by atoms with Gasteiger partial charge in [-0.25, -0.2) is 0 Å². The minimum Gasteiger partial charge on any atom is -0.494 e. The van der Waals surface area contributed by atoms with E-state index in [1.165, 1.54) is 44.2 Å². The molecule has 1 aliphatic rings. The number of nitrogens with one attached hydrogen (secondary N) is 1. The van der Waals surface area contributed by atoms with Gasteiger partial charge >= 0.3 is 0 Å². The van der Waals surface area contributed by atoms with Crippen LogP contribution in [0.3, 0.4) is 0 Å². The SMILES string of the molecule is CCCNCC1CCCCC1c1ccc(OCC)cc1. The van der Waals surface area contributed by atoms with Gasteiger partial charge in [0, 0.05) is 0 Å². The van der Waals surface area contributed by atoms with Crippen LogP contribution in [-0.4, -0.2) is 19.7 Å². The molecule has 0 aromatic heterocycles. The summed E-state index contributed by atoms with van der Waals surface area (Å²) in [5.41, 5.74) is 1.50. The van der Waals surface area contributed by atoms with Crippen molar-refractivity contribution in [3.05, 3.63) is 29.8 Å². The minimum absolute atomic E-state index is 0.726. The highest BCUT2D eigenvalue weighted by molar-refractivity contribution is 5.30. The van der Waals surface area contributed by atoms with Crippen molar-refractivity contribution in [2.24, 2.45) is 5.92 Å². The van der Waals surface area contributed by atoms with E-state index < -0.39 is 0 Å². The van der Waals surface area contributed by atoms with E-state index in [1.807, 2.05) is 6.92 Å². The van der Waals surface area contributed by atoms with E-state index >= 15 is 0 Å². The van der Waals surface area contributed by atoms with Gasteiger partial charge in [-0.05, 0) is 68.8 Å². The Morgan fingerprint density at radius 1 is 1.10 bits per heavy atom. The molecule has 1 saturated carbocycles. The van der Waals surface area contributed by atoms with Crippen molar-refractivity contribution in [2.75, 3.05) is 19.7 Å². The molecule has 20 heavy (non-hydrogen) atoms. The predicted molar refractivity (Wildman–Crippen MR) is 85.5 cm³/mol. The second kappa shape index (κ2) is 8.31. The first-order valence-corrected chi connectivity index (χ1v) is 8.28. The van der Waals surface area contributed by atoms with Gasteiger partial charge in [0.1, 0.15) is 5.75 Å². The molecule has 0 aliphatic heterocycles. The number of ether oxygens (including phenoxy) is 1. The van der Waals surface area contributed by atoms with Crippen molar-refractivity contribution >= 4 is 0 Å². The molecule has 2 unspecified atom stereocenters. The molecule has 1 fully saturated rings. The highest BCUT2D eigenvalue weighted by atomic mass is 16.5. The lowest BCUT2D eigenvalue weighted by molar-refractivity contribution is 0.295. The Morgan fingerprint density at radius 3 is 2.55 bits per heavy atom. The molecule has 2 heteroatoms. The van der Waals surface area contributed by atoms with Gasteiger partial charge in [0.15, 0.2) is 0 Å². The topological polar surface area (TPSA) is 21.3 Å². The summed E-state index contributed by atoms with van der Waals surface area (Å²) >= 11 is 0. The summed E-state index contributed by atoms with van der Waals surface area (Å²) in [5, 5.41) is 3.61. The molecular weight excluding hydrogens is 246 g/mol. The van der Waals surface area contributed by atoms with E-state index in [-0.39, 0.29) is 0 Å². The lowest BCUT2D eigenvalue weighted by Crippen LogP contribution is -2.30. The number of benzene rings is 1. The zero-order valence-electron chi connectivity index (χ0n) is 13.0. The second-order valence-electron chi connectivity index (χ2n) is 5.86. The van der Waals surface area contributed by atoms with E-state index in [1.54, 1.807) is 0 Å². The molecule has 0 spiro atoms. The summed E-state index contributed by atoms with van der Waals surface area (Å²) in [5.74, 6) is 2.52. The molecule has 1 aromatic carbocycles. The molecular formula is C18H29NO. The Hall–Kier alpha value is -1.02. The van der Waals surface area contributed by atoms with E-state index in [0.717, 1.165) is 30.7 Å². The van der Waals surface area contributed by atoms with Crippen molar-refractivity contribution in [3.63, 3.8) is 0 Å². The predicted octanol–water partition coefficient (Wildman–Crippen LogP) is 4.36. The zero-order chi connectivity index (χ0) is 14.2. The van der Waals surface area contributed by atoms with Crippen LogP contribution in [0.4, 0.5) is 0 Å². The van der Waals surface area contributed by atoms with Crippen LogP contribution in [0.1, 0.15) is 57.4 Å². The molecule has 1 N–H and O–H groups in total. The van der Waals surface area contributed by atoms with Gasteiger partial charge in [0.05, 0.1) is 6.61 Å². The number of rotatable bonds is 7. The van der Waals surface area contributed by atoms with Gasteiger partial charge < -0.3 is 10.1 Å². The van der Waals surface area contributed by atoms with E-state index in [0.29, 0.717) is 0 Å². The zero-order valence-corrected chi connectivity index (χ0v) is 13.0. The fourth-order valence-corrected chi connectivity index (χ4v) is 3.33. The van der Waals surface area contributed by atoms with Gasteiger partial charge in [-0.1, -0.05) is 31.9 Å². The molecule has 0 heterocycles. The van der Waals surface area contributed by atoms with Crippen molar-refractivity contribution in [2.45, 2.75) is 51.9 Å². The van der Waals surface area contributed by atoms with Crippen molar-refractivity contribution in [3.8, 4) is 5.75 Å². The summed E-state index contributed by atoms with van der Waals surface area (Å²) in [7, 11) is 0. The number of hydrogen-bond donors (Lipinski definition) is 1. The first-order valence-electron chi connectivity index (χ1n) is 8.28. The van der Waals surface area contributed by atoms with Crippen LogP contribution >= 0.6 is 0 Å². The molecule has 2 atom stereocenters. The first kappa shape index (κ1) is 15.4. The Bertz CT molecular complexity index is 374. The molecule has 1 aliphatic carbocycles. The molecule has 2 nitrogen and oxygen atoms in total. The third-order valence-electron chi connectivity index (χ3n) is 4.36. The molecule has 1 aromatic rings. The third kappa shape index (κ3) is 4.24. The molecule has 0 amide bonds. The van der Waals surface area contributed by atoms with Gasteiger partial charge in [0.25, 0.3) is 0 Å². The Balaban J connectivity index is 1.99. The van der Waals surface area contributed by atoms with Gasteiger partial charge in [-0.3, -0.25) is 0 Å². The van der Waals surface area contributed by atoms with Crippen LogP contribution in [0.25, 0.3) is 0 Å². The van der Waals surface area contributed by atoms with Crippen LogP contribution in [0.2, 0.25) is 0 Å². The highest BCUT2D eigenvalue weighted by Crippen LogP contribution is 2.37. The fourth-order valence-electron chi connectivity index (χ4n) is 3.33. The van der Waals surface area contributed by atoms with Crippen molar-refractivity contribution in [1.29, 1.82) is 0 Å². The van der Waals surface area contributed by atoms with Crippen molar-refractivity contribution in [1.82, 2.24) is 5.32 Å². The van der Waals surface area contributed by atoms with Gasteiger partial charge in [-0.2, -0.15) is 0 Å². The maximum absolute atomic E-state index is 5.54. The first-order chi connectivity index (χ1) is 9.85. The van der Waals surface area contributed by atoms with Crippen molar-refractivity contribution < 1.29 is 4.74 Å². The Kier molecular flexibility index (Phi) is 6.38. The number of hydrogen-bond acceptors (Lipinski definition) is 2.